The molecule has 1 aromatic rings. The largest absolute Gasteiger partial charge is 0.446 e. The van der Waals surface area contributed by atoms with Crippen LogP contribution in [0.25, 0.3) is 0 Å². The molecule has 1 atom stereocenters. The second-order valence-corrected chi connectivity index (χ2v) is 4.42. The van der Waals surface area contributed by atoms with Gasteiger partial charge in [-0.05, 0) is 17.5 Å². The van der Waals surface area contributed by atoms with Crippen LogP contribution >= 0.6 is 11.6 Å². The van der Waals surface area contributed by atoms with Crippen LogP contribution in [0.3, 0.4) is 0 Å². The standard InChI is InChI=1S/C12H16ClNO2/c1-8(2)11(16-12(14)15)7-9-5-3-4-6-10(9)13/h3-6,8,11H,7H2,1-2H3,(H2,14,15)/t11-/m1/s1. The predicted octanol–water partition coefficient (Wildman–Crippen LogP) is 3.00. The van der Waals surface area contributed by atoms with Crippen LogP contribution in [0.5, 0.6) is 0 Å². The van der Waals surface area contributed by atoms with Crippen molar-refractivity contribution in [2.75, 3.05) is 0 Å². The van der Waals surface area contributed by atoms with Gasteiger partial charge in [-0.1, -0.05) is 43.6 Å². The lowest BCUT2D eigenvalue weighted by Crippen LogP contribution is -2.29. The van der Waals surface area contributed by atoms with E-state index in [4.69, 9.17) is 22.1 Å². The minimum Gasteiger partial charge on any atom is -0.446 e. The molecule has 1 aromatic carbocycles. The maximum Gasteiger partial charge on any atom is 0.404 e. The maximum atomic E-state index is 10.8. The lowest BCUT2D eigenvalue weighted by atomic mass is 9.99. The number of nitrogens with two attached hydrogens (primary N) is 1. The second-order valence-electron chi connectivity index (χ2n) is 4.01. The average Bonchev–Trinajstić information content (AvgIpc) is 2.19. The van der Waals surface area contributed by atoms with Gasteiger partial charge in [-0.2, -0.15) is 0 Å². The summed E-state index contributed by atoms with van der Waals surface area (Å²) in [6.07, 6.45) is -0.400. The molecule has 0 heterocycles. The van der Waals surface area contributed by atoms with Gasteiger partial charge in [0.25, 0.3) is 0 Å². The lowest BCUT2D eigenvalue weighted by molar-refractivity contribution is 0.0788. The lowest BCUT2D eigenvalue weighted by Gasteiger charge is -2.20. The van der Waals surface area contributed by atoms with Crippen LogP contribution in [0.2, 0.25) is 5.02 Å². The fourth-order valence-corrected chi connectivity index (χ4v) is 1.66. The van der Waals surface area contributed by atoms with Gasteiger partial charge in [0.2, 0.25) is 0 Å². The Morgan fingerprint density at radius 2 is 2.06 bits per heavy atom. The molecule has 0 bridgehead atoms. The highest BCUT2D eigenvalue weighted by molar-refractivity contribution is 6.31. The Labute approximate surface area is 101 Å². The smallest absolute Gasteiger partial charge is 0.404 e. The Morgan fingerprint density at radius 1 is 1.44 bits per heavy atom. The topological polar surface area (TPSA) is 52.3 Å². The van der Waals surface area contributed by atoms with Crippen molar-refractivity contribution < 1.29 is 9.53 Å². The molecule has 16 heavy (non-hydrogen) atoms. The van der Waals surface area contributed by atoms with E-state index in [2.05, 4.69) is 0 Å². The van der Waals surface area contributed by atoms with E-state index in [1.807, 2.05) is 38.1 Å². The molecule has 1 amide bonds. The first kappa shape index (κ1) is 12.8. The number of primary amides is 1. The van der Waals surface area contributed by atoms with Crippen molar-refractivity contribution in [1.82, 2.24) is 0 Å². The van der Waals surface area contributed by atoms with Crippen molar-refractivity contribution in [2.24, 2.45) is 11.7 Å². The van der Waals surface area contributed by atoms with E-state index in [0.717, 1.165) is 5.56 Å². The summed E-state index contributed by atoms with van der Waals surface area (Å²) in [6, 6.07) is 7.51. The number of ether oxygens (including phenoxy) is 1. The van der Waals surface area contributed by atoms with Crippen LogP contribution in [-0.4, -0.2) is 12.2 Å². The van der Waals surface area contributed by atoms with Crippen LogP contribution in [0.4, 0.5) is 4.79 Å². The monoisotopic (exact) mass is 241 g/mol. The minimum absolute atomic E-state index is 0.198. The van der Waals surface area contributed by atoms with E-state index in [1.54, 1.807) is 0 Å². The third kappa shape index (κ3) is 3.74. The highest BCUT2D eigenvalue weighted by Crippen LogP contribution is 2.20. The van der Waals surface area contributed by atoms with E-state index in [0.29, 0.717) is 11.4 Å². The molecule has 0 saturated heterocycles. The molecule has 0 spiro atoms. The summed E-state index contributed by atoms with van der Waals surface area (Å²) in [5, 5.41) is 0.682. The Hall–Kier alpha value is -1.22. The average molecular weight is 242 g/mol. The Balaban J connectivity index is 2.76. The highest BCUT2D eigenvalue weighted by atomic mass is 35.5. The Morgan fingerprint density at radius 3 is 2.56 bits per heavy atom. The molecule has 4 heteroatoms. The van der Waals surface area contributed by atoms with E-state index < -0.39 is 6.09 Å². The maximum absolute atomic E-state index is 10.8. The summed E-state index contributed by atoms with van der Waals surface area (Å²) < 4.78 is 5.05. The fourth-order valence-electron chi connectivity index (χ4n) is 1.44. The number of halogens is 1. The summed E-state index contributed by atoms with van der Waals surface area (Å²) in [6.45, 7) is 3.95. The van der Waals surface area contributed by atoms with Crippen LogP contribution in [0.1, 0.15) is 19.4 Å². The molecule has 0 unspecified atom stereocenters. The second kappa shape index (κ2) is 5.75. The van der Waals surface area contributed by atoms with Gasteiger partial charge in [0, 0.05) is 11.4 Å². The normalized spacial score (nSPS) is 12.5. The van der Waals surface area contributed by atoms with E-state index >= 15 is 0 Å². The van der Waals surface area contributed by atoms with Gasteiger partial charge in [-0.15, -0.1) is 0 Å². The molecule has 1 rings (SSSR count). The molecule has 0 radical (unpaired) electrons. The number of benzene rings is 1. The quantitative estimate of drug-likeness (QED) is 0.881. The first-order valence-electron chi connectivity index (χ1n) is 5.20. The van der Waals surface area contributed by atoms with Gasteiger partial charge in [0.15, 0.2) is 0 Å². The third-order valence-corrected chi connectivity index (χ3v) is 2.76. The first-order chi connectivity index (χ1) is 7.50. The molecular formula is C12H16ClNO2. The number of rotatable bonds is 4. The van der Waals surface area contributed by atoms with Crippen molar-refractivity contribution in [1.29, 1.82) is 0 Å². The predicted molar refractivity (Wildman–Crippen MR) is 64.5 cm³/mol. The Bertz CT molecular complexity index is 366. The van der Waals surface area contributed by atoms with E-state index in [-0.39, 0.29) is 12.0 Å². The number of amides is 1. The van der Waals surface area contributed by atoms with Crippen molar-refractivity contribution in [3.05, 3.63) is 34.9 Å². The zero-order valence-corrected chi connectivity index (χ0v) is 10.2. The number of hydrogen-bond acceptors (Lipinski definition) is 2. The zero-order valence-electron chi connectivity index (χ0n) is 9.44. The van der Waals surface area contributed by atoms with Gasteiger partial charge in [-0.3, -0.25) is 0 Å². The molecule has 88 valence electrons. The van der Waals surface area contributed by atoms with Gasteiger partial charge in [0.1, 0.15) is 6.10 Å². The summed E-state index contributed by atoms with van der Waals surface area (Å²) in [7, 11) is 0. The summed E-state index contributed by atoms with van der Waals surface area (Å²) in [5.41, 5.74) is 5.99. The number of carbonyl (C=O) groups is 1. The highest BCUT2D eigenvalue weighted by Gasteiger charge is 2.18. The molecule has 3 nitrogen and oxygen atoms in total. The molecule has 0 aliphatic heterocycles. The molecular weight excluding hydrogens is 226 g/mol. The van der Waals surface area contributed by atoms with Gasteiger partial charge < -0.3 is 10.5 Å². The molecule has 0 aliphatic carbocycles. The van der Waals surface area contributed by atoms with E-state index in [1.165, 1.54) is 0 Å². The van der Waals surface area contributed by atoms with Gasteiger partial charge in [-0.25, -0.2) is 4.79 Å². The van der Waals surface area contributed by atoms with Gasteiger partial charge in [0.05, 0.1) is 0 Å². The minimum atomic E-state index is -0.745. The van der Waals surface area contributed by atoms with Crippen LogP contribution in [0, 0.1) is 5.92 Å². The van der Waals surface area contributed by atoms with Gasteiger partial charge >= 0.3 is 6.09 Å². The molecule has 2 N–H and O–H groups in total. The SMILES string of the molecule is CC(C)[C@@H](Cc1ccccc1Cl)OC(N)=O. The van der Waals surface area contributed by atoms with Crippen LogP contribution in [-0.2, 0) is 11.2 Å². The summed E-state index contributed by atoms with van der Waals surface area (Å²) in [5.74, 6) is 0.198. The van der Waals surface area contributed by atoms with Crippen molar-refractivity contribution in [3.63, 3.8) is 0 Å². The Kier molecular flexibility index (Phi) is 4.62. The van der Waals surface area contributed by atoms with Crippen molar-refractivity contribution in [3.8, 4) is 0 Å². The third-order valence-electron chi connectivity index (χ3n) is 2.39. The summed E-state index contributed by atoms with van der Waals surface area (Å²) >= 11 is 6.04. The number of hydrogen-bond donors (Lipinski definition) is 1. The zero-order chi connectivity index (χ0) is 12.1. The van der Waals surface area contributed by atoms with Crippen LogP contribution < -0.4 is 5.73 Å². The fraction of sp³-hybridized carbons (Fsp3) is 0.417. The summed E-state index contributed by atoms with van der Waals surface area (Å²) in [4.78, 5) is 10.8. The van der Waals surface area contributed by atoms with E-state index in [9.17, 15) is 4.79 Å². The number of carbonyl (C=O) groups excluding carboxylic acids is 1. The van der Waals surface area contributed by atoms with Crippen molar-refractivity contribution in [2.45, 2.75) is 26.4 Å². The first-order valence-corrected chi connectivity index (χ1v) is 5.58. The molecule has 0 aliphatic rings. The molecule has 0 fully saturated rings. The molecule has 0 saturated carbocycles. The molecule has 0 aromatic heterocycles. The van der Waals surface area contributed by atoms with Crippen molar-refractivity contribution >= 4 is 17.7 Å². The van der Waals surface area contributed by atoms with Crippen LogP contribution in [0.15, 0.2) is 24.3 Å².